The van der Waals surface area contributed by atoms with Crippen molar-refractivity contribution in [3.8, 4) is 0 Å². The smallest absolute Gasteiger partial charge is 0.244 e. The molecule has 22 heavy (non-hydrogen) atoms. The number of piperidine rings is 1. The van der Waals surface area contributed by atoms with Gasteiger partial charge >= 0.3 is 0 Å². The Kier molecular flexibility index (Phi) is 4.24. The molecular formula is C15H22N6O. The van der Waals surface area contributed by atoms with Gasteiger partial charge in [-0.05, 0) is 19.9 Å². The fourth-order valence-corrected chi connectivity index (χ4v) is 3.11. The minimum Gasteiger partial charge on any atom is -0.348 e. The van der Waals surface area contributed by atoms with E-state index in [1.54, 1.807) is 17.1 Å². The average molecular weight is 302 g/mol. The zero-order chi connectivity index (χ0) is 15.5. The number of aryl methyl sites for hydroxylation is 1. The first kappa shape index (κ1) is 14.8. The minimum atomic E-state index is -0.343. The Labute approximate surface area is 129 Å². The quantitative estimate of drug-likeness (QED) is 0.876. The average Bonchev–Trinajstić information content (AvgIpc) is 3.20. The molecule has 7 nitrogen and oxygen atoms in total. The number of likely N-dealkylation sites (tertiary alicyclic amines) is 1. The molecule has 2 atom stereocenters. The number of H-pyrrole nitrogens is 1. The summed E-state index contributed by atoms with van der Waals surface area (Å²) in [5.41, 5.74) is 0.898. The maximum atomic E-state index is 12.8. The molecule has 1 saturated heterocycles. The van der Waals surface area contributed by atoms with E-state index in [1.165, 1.54) is 0 Å². The standard InChI is InChI=1S/C15H22N6O/c1-16-13(12-8-19-20(2)9-12)15(22)21-7-3-4-11(10-21)14-17-5-6-18-14/h5-6,8-9,11,13,16H,3-4,7,10H2,1-2H3,(H,17,18). The Balaban J connectivity index is 1.73. The lowest BCUT2D eigenvalue weighted by atomic mass is 9.96. The van der Waals surface area contributed by atoms with Gasteiger partial charge in [-0.15, -0.1) is 0 Å². The number of hydrogen-bond acceptors (Lipinski definition) is 4. The maximum Gasteiger partial charge on any atom is 0.244 e. The van der Waals surface area contributed by atoms with Crippen LogP contribution in [0.1, 0.15) is 36.2 Å². The topological polar surface area (TPSA) is 78.8 Å². The molecule has 1 amide bonds. The monoisotopic (exact) mass is 302 g/mol. The molecule has 3 rings (SSSR count). The number of aromatic amines is 1. The minimum absolute atomic E-state index is 0.103. The van der Waals surface area contributed by atoms with Crippen LogP contribution < -0.4 is 5.32 Å². The van der Waals surface area contributed by atoms with Crippen LogP contribution in [0.15, 0.2) is 24.8 Å². The van der Waals surface area contributed by atoms with Crippen LogP contribution in [-0.4, -0.2) is 50.7 Å². The fraction of sp³-hybridized carbons (Fsp3) is 0.533. The van der Waals surface area contributed by atoms with Crippen LogP contribution in [0.3, 0.4) is 0 Å². The number of carbonyl (C=O) groups excluding carboxylic acids is 1. The van der Waals surface area contributed by atoms with Crippen molar-refractivity contribution in [2.24, 2.45) is 7.05 Å². The summed E-state index contributed by atoms with van der Waals surface area (Å²) >= 11 is 0. The Morgan fingerprint density at radius 2 is 2.41 bits per heavy atom. The summed E-state index contributed by atoms with van der Waals surface area (Å²) in [6.07, 6.45) is 9.29. The highest BCUT2D eigenvalue weighted by Gasteiger charge is 2.31. The predicted molar refractivity (Wildman–Crippen MR) is 82.2 cm³/mol. The molecule has 3 heterocycles. The number of amides is 1. The van der Waals surface area contributed by atoms with Gasteiger partial charge < -0.3 is 15.2 Å². The molecule has 1 aliphatic rings. The molecule has 0 aromatic carbocycles. The molecule has 7 heteroatoms. The number of rotatable bonds is 4. The third kappa shape index (κ3) is 2.89. The molecule has 0 radical (unpaired) electrons. The number of carbonyl (C=O) groups is 1. The number of likely N-dealkylation sites (N-methyl/N-ethyl adjacent to an activating group) is 1. The van der Waals surface area contributed by atoms with E-state index >= 15 is 0 Å². The van der Waals surface area contributed by atoms with Gasteiger partial charge in [0.25, 0.3) is 0 Å². The number of nitrogens with one attached hydrogen (secondary N) is 2. The molecule has 2 aromatic rings. The number of nitrogens with zero attached hydrogens (tertiary/aromatic N) is 4. The van der Waals surface area contributed by atoms with E-state index in [0.717, 1.165) is 30.8 Å². The second-order valence-corrected chi connectivity index (χ2v) is 5.77. The Morgan fingerprint density at radius 3 is 3.05 bits per heavy atom. The third-order valence-corrected chi connectivity index (χ3v) is 4.23. The Hall–Kier alpha value is -2.15. The summed E-state index contributed by atoms with van der Waals surface area (Å²) in [5, 5.41) is 7.27. The molecule has 0 spiro atoms. The molecule has 2 unspecified atom stereocenters. The summed E-state index contributed by atoms with van der Waals surface area (Å²) < 4.78 is 1.72. The van der Waals surface area contributed by atoms with Crippen molar-refractivity contribution in [1.82, 2.24) is 30.0 Å². The largest absolute Gasteiger partial charge is 0.348 e. The lowest BCUT2D eigenvalue weighted by Crippen LogP contribution is -2.44. The first-order chi connectivity index (χ1) is 10.7. The number of aromatic nitrogens is 4. The van der Waals surface area contributed by atoms with Gasteiger partial charge in [0.15, 0.2) is 0 Å². The van der Waals surface area contributed by atoms with Crippen LogP contribution in [0.5, 0.6) is 0 Å². The molecule has 118 valence electrons. The molecule has 2 N–H and O–H groups in total. The van der Waals surface area contributed by atoms with Gasteiger partial charge in [0.2, 0.25) is 5.91 Å². The SMILES string of the molecule is CNC(C(=O)N1CCCC(c2ncc[nH]2)C1)c1cnn(C)c1. The highest BCUT2D eigenvalue weighted by atomic mass is 16.2. The van der Waals surface area contributed by atoms with Crippen LogP contribution in [0.2, 0.25) is 0 Å². The van der Waals surface area contributed by atoms with Crippen molar-refractivity contribution in [3.05, 3.63) is 36.2 Å². The summed E-state index contributed by atoms with van der Waals surface area (Å²) in [5.74, 6) is 1.37. The van der Waals surface area contributed by atoms with E-state index in [1.807, 2.05) is 31.4 Å². The molecular weight excluding hydrogens is 280 g/mol. The van der Waals surface area contributed by atoms with Crippen molar-refractivity contribution >= 4 is 5.91 Å². The first-order valence-electron chi connectivity index (χ1n) is 7.63. The lowest BCUT2D eigenvalue weighted by molar-refractivity contribution is -0.134. The van der Waals surface area contributed by atoms with E-state index in [-0.39, 0.29) is 11.9 Å². The van der Waals surface area contributed by atoms with E-state index < -0.39 is 0 Å². The lowest BCUT2D eigenvalue weighted by Gasteiger charge is -2.34. The third-order valence-electron chi connectivity index (χ3n) is 4.23. The zero-order valence-electron chi connectivity index (χ0n) is 13.0. The summed E-state index contributed by atoms with van der Waals surface area (Å²) in [7, 11) is 3.66. The van der Waals surface area contributed by atoms with Crippen LogP contribution in [-0.2, 0) is 11.8 Å². The van der Waals surface area contributed by atoms with Crippen LogP contribution >= 0.6 is 0 Å². The number of imidazole rings is 1. The second-order valence-electron chi connectivity index (χ2n) is 5.77. The Bertz CT molecular complexity index is 620. The van der Waals surface area contributed by atoms with Crippen molar-refractivity contribution in [2.45, 2.75) is 24.8 Å². The predicted octanol–water partition coefficient (Wildman–Crippen LogP) is 0.810. The maximum absolute atomic E-state index is 12.8. The van der Waals surface area contributed by atoms with Gasteiger partial charge in [-0.25, -0.2) is 4.98 Å². The van der Waals surface area contributed by atoms with Crippen LogP contribution in [0.4, 0.5) is 0 Å². The summed E-state index contributed by atoms with van der Waals surface area (Å²) in [6, 6.07) is -0.343. The van der Waals surface area contributed by atoms with E-state index in [4.69, 9.17) is 0 Å². The highest BCUT2D eigenvalue weighted by molar-refractivity contribution is 5.83. The molecule has 2 aromatic heterocycles. The van der Waals surface area contributed by atoms with Gasteiger partial charge in [0, 0.05) is 50.2 Å². The molecule has 0 aliphatic carbocycles. The molecule has 0 bridgehead atoms. The van der Waals surface area contributed by atoms with Crippen LogP contribution in [0, 0.1) is 0 Å². The number of hydrogen-bond donors (Lipinski definition) is 2. The van der Waals surface area contributed by atoms with Gasteiger partial charge in [0.1, 0.15) is 11.9 Å². The van der Waals surface area contributed by atoms with Crippen molar-refractivity contribution < 1.29 is 4.79 Å². The van der Waals surface area contributed by atoms with Gasteiger partial charge in [-0.2, -0.15) is 5.10 Å². The van der Waals surface area contributed by atoms with E-state index in [9.17, 15) is 4.79 Å². The van der Waals surface area contributed by atoms with E-state index in [0.29, 0.717) is 12.5 Å². The fourth-order valence-electron chi connectivity index (χ4n) is 3.11. The van der Waals surface area contributed by atoms with E-state index in [2.05, 4.69) is 20.4 Å². The highest BCUT2D eigenvalue weighted by Crippen LogP contribution is 2.26. The van der Waals surface area contributed by atoms with Crippen molar-refractivity contribution in [3.63, 3.8) is 0 Å². The molecule has 0 saturated carbocycles. The first-order valence-corrected chi connectivity index (χ1v) is 7.63. The summed E-state index contributed by atoms with van der Waals surface area (Å²) in [4.78, 5) is 22.3. The zero-order valence-corrected chi connectivity index (χ0v) is 13.0. The van der Waals surface area contributed by atoms with Crippen LogP contribution in [0.25, 0.3) is 0 Å². The van der Waals surface area contributed by atoms with Crippen molar-refractivity contribution in [2.75, 3.05) is 20.1 Å². The Morgan fingerprint density at radius 1 is 1.55 bits per heavy atom. The summed E-state index contributed by atoms with van der Waals surface area (Å²) in [6.45, 7) is 1.51. The molecule has 1 aliphatic heterocycles. The second kappa shape index (κ2) is 6.31. The molecule has 1 fully saturated rings. The van der Waals surface area contributed by atoms with Gasteiger partial charge in [-0.3, -0.25) is 9.48 Å². The van der Waals surface area contributed by atoms with Gasteiger partial charge in [-0.1, -0.05) is 0 Å². The van der Waals surface area contributed by atoms with Crippen molar-refractivity contribution in [1.29, 1.82) is 0 Å². The normalized spacial score (nSPS) is 20.1. The van der Waals surface area contributed by atoms with Gasteiger partial charge in [0.05, 0.1) is 6.20 Å².